The molecule has 0 saturated heterocycles. The number of nitriles is 1. The van der Waals surface area contributed by atoms with E-state index >= 15 is 0 Å². The number of benzene rings is 2. The van der Waals surface area contributed by atoms with E-state index in [1.54, 1.807) is 42.4 Å². The Labute approximate surface area is 553 Å². The van der Waals surface area contributed by atoms with Crippen molar-refractivity contribution in [2.24, 2.45) is 4.99 Å². The summed E-state index contributed by atoms with van der Waals surface area (Å²) >= 11 is 5.95. The second-order valence-corrected chi connectivity index (χ2v) is 26.5. The van der Waals surface area contributed by atoms with Crippen molar-refractivity contribution in [3.05, 3.63) is 226 Å². The molecular weight excluding hydrogens is 1220 g/mol. The van der Waals surface area contributed by atoms with Crippen molar-refractivity contribution in [1.82, 2.24) is 25.0 Å². The van der Waals surface area contributed by atoms with Crippen LogP contribution >= 0.6 is 11.6 Å². The Bertz CT molecular complexity index is 3090. The molecule has 0 saturated carbocycles. The van der Waals surface area contributed by atoms with Gasteiger partial charge in [0.15, 0.2) is 17.2 Å². The number of carbonyl (C=O) groups is 1. The number of amides is 1. The molecule has 2 N–H and O–H groups in total. The van der Waals surface area contributed by atoms with Crippen LogP contribution in [0.4, 0.5) is 22.0 Å². The Morgan fingerprint density at radius 1 is 0.648 bits per heavy atom. The Morgan fingerprint density at radius 3 is 1.51 bits per heavy atom. The van der Waals surface area contributed by atoms with E-state index < -0.39 is 36.1 Å². The molecule has 2 aromatic carbocycles. The molecule has 0 fully saturated rings. The first-order valence-corrected chi connectivity index (χ1v) is 28.4. The van der Waals surface area contributed by atoms with Gasteiger partial charge in [-0.15, -0.1) is 0 Å². The monoisotopic (exact) mass is 1320 g/mol. The van der Waals surface area contributed by atoms with Crippen molar-refractivity contribution in [2.75, 3.05) is 13.7 Å². The number of nitrogens with zero attached hydrogens (tertiary/aromatic N) is 7. The van der Waals surface area contributed by atoms with E-state index in [4.69, 9.17) is 21.7 Å². The van der Waals surface area contributed by atoms with Crippen LogP contribution in [0.2, 0.25) is 5.02 Å². The molecule has 18 heteroatoms. The molecule has 479 valence electrons. The molecule has 1 radical (unpaired) electrons. The van der Waals surface area contributed by atoms with Crippen LogP contribution in [0.5, 0.6) is 0 Å². The van der Waals surface area contributed by atoms with Gasteiger partial charge in [-0.3, -0.25) is 36.6 Å². The minimum atomic E-state index is -3.20. The summed E-state index contributed by atoms with van der Waals surface area (Å²) in [4.78, 5) is 32.2. The zero-order chi connectivity index (χ0) is 66.1. The Kier molecular flexibility index (Phi) is 35.7. The van der Waals surface area contributed by atoms with Gasteiger partial charge >= 0.3 is 0 Å². The van der Waals surface area contributed by atoms with Crippen LogP contribution < -0.4 is 20.4 Å². The summed E-state index contributed by atoms with van der Waals surface area (Å²) < 4.78 is 67.2. The van der Waals surface area contributed by atoms with Crippen molar-refractivity contribution in [3.63, 3.8) is 0 Å². The van der Waals surface area contributed by atoms with Crippen molar-refractivity contribution in [2.45, 2.75) is 184 Å². The standard InChI is InChI=1S/C12H12F3N4O2.C10H13F.C10H16NO.C10H14.C9H12ClN.C9H12FN.C9H13N.CH4.Y/c1-12(14,15)6-18-11-8(13)3-7(5-16)9(19(11)21)4-10(20)17-2;1-10(2,3)8-6-4-5-7-9(8)11;1-10(2,3)9-7-5-6-8-11(9)12-4;1-10(2,3)9-7-5-4-6-8-9;2*1-9(2,3)8-7(10)5-4-6-11-8;1-9(2,3)8-6-4-5-7-10-8;;/h3,21H,2,4,6H2,1H3,(H,17,20);4-7H,1-3H3;5-8H,1-4H3;4-8H,1-3H3;2*4-6H,1-3H3;4-7H,1-3H3;1H4;/q-1;;+1;;;;;;. The van der Waals surface area contributed by atoms with E-state index in [2.05, 4.69) is 153 Å². The summed E-state index contributed by atoms with van der Waals surface area (Å²) in [6.07, 6.45) is 6.64. The van der Waals surface area contributed by atoms with Crippen molar-refractivity contribution < 1.29 is 74.2 Å². The Hall–Kier alpha value is -6.41. The smallest absolute Gasteiger partial charge is 0.264 e. The minimum absolute atomic E-state index is 0. The van der Waals surface area contributed by atoms with Gasteiger partial charge in [-0.1, -0.05) is 198 Å². The molecule has 7 rings (SSSR count). The molecular formula is C70H96ClF5N8O3Y. The molecule has 5 aromatic heterocycles. The van der Waals surface area contributed by atoms with Gasteiger partial charge in [0.05, 0.1) is 39.5 Å². The molecule has 7 aromatic rings. The number of halogens is 6. The first kappa shape index (κ1) is 83.7. The number of carbonyl (C=O) groups excluding carboxylic acids is 1. The summed E-state index contributed by atoms with van der Waals surface area (Å²) in [5, 5.41) is 21.4. The van der Waals surface area contributed by atoms with E-state index in [0.29, 0.717) is 24.1 Å². The molecule has 0 aliphatic rings. The van der Waals surface area contributed by atoms with Gasteiger partial charge in [0, 0.05) is 97.0 Å². The first-order chi connectivity index (χ1) is 39.5. The molecule has 0 spiro atoms. The van der Waals surface area contributed by atoms with Gasteiger partial charge in [0.25, 0.3) is 5.92 Å². The number of hydrogen-bond acceptors (Lipinski definition) is 8. The van der Waals surface area contributed by atoms with Gasteiger partial charge in [-0.25, -0.2) is 22.0 Å². The normalized spacial score (nSPS) is 11.4. The van der Waals surface area contributed by atoms with Crippen molar-refractivity contribution >= 4 is 17.5 Å². The van der Waals surface area contributed by atoms with Crippen molar-refractivity contribution in [3.8, 4) is 6.07 Å². The Balaban J connectivity index is 0. The van der Waals surface area contributed by atoms with Crippen LogP contribution in [0.3, 0.4) is 0 Å². The summed E-state index contributed by atoms with van der Waals surface area (Å²) in [6.45, 7) is 37.3. The predicted molar refractivity (Wildman–Crippen MR) is 343 cm³/mol. The fourth-order valence-corrected chi connectivity index (χ4v) is 7.72. The molecule has 88 heavy (non-hydrogen) atoms. The largest absolute Gasteiger partial charge is 0.508 e. The van der Waals surface area contributed by atoms with Gasteiger partial charge < -0.3 is 10.5 Å². The number of pyridine rings is 5. The quantitative estimate of drug-likeness (QED) is 0.0756. The van der Waals surface area contributed by atoms with Gasteiger partial charge in [0.1, 0.15) is 31.4 Å². The topological polar surface area (TPSA) is 142 Å². The van der Waals surface area contributed by atoms with Crippen LogP contribution in [0.15, 0.2) is 151 Å². The number of nitrogens with one attached hydrogen (secondary N) is 1. The predicted octanol–water partition coefficient (Wildman–Crippen LogP) is 16.7. The van der Waals surface area contributed by atoms with Crippen LogP contribution in [0.25, 0.3) is 0 Å². The summed E-state index contributed by atoms with van der Waals surface area (Å²) in [6, 6.07) is 38.6. The zero-order valence-corrected chi connectivity index (χ0v) is 58.3. The molecule has 0 atom stereocenters. The average Bonchev–Trinajstić information content (AvgIpc) is 1.98. The molecule has 1 amide bonds. The van der Waals surface area contributed by atoms with Gasteiger partial charge in [-0.05, 0) is 76.6 Å². The summed E-state index contributed by atoms with van der Waals surface area (Å²) in [5.41, 5.74) is 4.94. The van der Waals surface area contributed by atoms with Gasteiger partial charge in [0.2, 0.25) is 11.9 Å². The summed E-state index contributed by atoms with van der Waals surface area (Å²) in [7, 11) is 4.78. The number of rotatable bonds is 5. The molecule has 0 aliphatic carbocycles. The second-order valence-electron chi connectivity index (χ2n) is 26.1. The maximum Gasteiger partial charge on any atom is 0.264 e. The average molecular weight is 1320 g/mol. The molecule has 11 nitrogen and oxygen atoms in total. The zero-order valence-electron chi connectivity index (χ0n) is 54.7. The first-order valence-electron chi connectivity index (χ1n) is 28.0. The van der Waals surface area contributed by atoms with Crippen LogP contribution in [-0.4, -0.2) is 50.4 Å². The summed E-state index contributed by atoms with van der Waals surface area (Å²) in [5.74, 6) is -5.34. The Morgan fingerprint density at radius 2 is 1.15 bits per heavy atom. The van der Waals surface area contributed by atoms with E-state index in [-0.39, 0.29) is 94.8 Å². The maximum absolute atomic E-state index is 13.7. The van der Waals surface area contributed by atoms with Gasteiger partial charge in [-0.2, -0.15) is 9.99 Å². The second kappa shape index (κ2) is 37.6. The molecule has 0 bridgehead atoms. The van der Waals surface area contributed by atoms with E-state index in [0.717, 1.165) is 22.0 Å². The number of aromatic nitrogens is 5. The van der Waals surface area contributed by atoms with Crippen LogP contribution in [-0.2, 0) is 76.4 Å². The molecule has 0 aliphatic heterocycles. The number of alkyl halides is 2. The van der Waals surface area contributed by atoms with Crippen LogP contribution in [0, 0.1) is 35.8 Å². The molecule has 0 unspecified atom stereocenters. The SMILES string of the molecule is C.CC(C)(C)c1ccccc1.CC(C)(C)c1ccccc1F.CC(C)(C)c1ccccn1.CC(C)(C)c1ncccc1Cl.CC(C)(C)c1ncccc1F.CO[n+]1ccccc1C(C)(C)C.[CH2-]NC(=O)Cc1c(C#N)cc(F)c(=NCC(C)(F)F)n1O.[Y]. The van der Waals surface area contributed by atoms with E-state index in [1.165, 1.54) is 23.4 Å². The van der Waals surface area contributed by atoms with E-state index in [9.17, 15) is 32.0 Å². The van der Waals surface area contributed by atoms with Crippen molar-refractivity contribution in [1.29, 1.82) is 5.26 Å². The third-order valence-electron chi connectivity index (χ3n) is 11.9. The van der Waals surface area contributed by atoms with E-state index in [1.807, 2.05) is 108 Å². The fourth-order valence-electron chi connectivity index (χ4n) is 7.31. The number of hydrogen-bond donors (Lipinski definition) is 2. The third kappa shape index (κ3) is 31.2. The minimum Gasteiger partial charge on any atom is -0.508 e. The fraction of sp³-hybridized carbons (Fsp3) is 0.429. The third-order valence-corrected chi connectivity index (χ3v) is 12.2. The van der Waals surface area contributed by atoms with Crippen LogP contribution in [0.1, 0.15) is 184 Å². The maximum atomic E-state index is 13.7. The molecule has 5 heterocycles.